The van der Waals surface area contributed by atoms with Crippen LogP contribution in [0.4, 0.5) is 0 Å². The van der Waals surface area contributed by atoms with Crippen molar-refractivity contribution in [1.29, 1.82) is 0 Å². The summed E-state index contributed by atoms with van der Waals surface area (Å²) in [5.41, 5.74) is 3.97. The quantitative estimate of drug-likeness (QED) is 0.131. The Hall–Kier alpha value is -1.51. The molecule has 3 rings (SSSR count). The zero-order chi connectivity index (χ0) is 26.5. The number of unbranched alkanes of at least 4 members (excludes halogenated alkanes) is 5. The zero-order valence-corrected chi connectivity index (χ0v) is 26.7. The topological polar surface area (TPSA) is 18.5 Å². The SMILES string of the molecule is CCOC(CCCCCCCC[P+](c1ccc(C)cc1)(c1ccc(C)cc1)c1ccc(C)cc1)OCC.[Br-]. The number of hydrogen-bond acceptors (Lipinski definition) is 2. The number of ether oxygens (including phenoxy) is 2. The van der Waals surface area contributed by atoms with Crippen molar-refractivity contribution in [3.63, 3.8) is 0 Å². The molecule has 0 aliphatic rings. The first-order chi connectivity index (χ1) is 18.0. The zero-order valence-electron chi connectivity index (χ0n) is 24.2. The van der Waals surface area contributed by atoms with Gasteiger partial charge in [0, 0.05) is 13.2 Å². The first-order valence-electron chi connectivity index (χ1n) is 14.3. The van der Waals surface area contributed by atoms with Gasteiger partial charge in [-0.2, -0.15) is 0 Å². The average molecular weight is 600 g/mol. The van der Waals surface area contributed by atoms with E-state index in [-0.39, 0.29) is 23.3 Å². The van der Waals surface area contributed by atoms with Crippen molar-refractivity contribution in [3.05, 3.63) is 89.5 Å². The fourth-order valence-electron chi connectivity index (χ4n) is 5.19. The van der Waals surface area contributed by atoms with Gasteiger partial charge < -0.3 is 26.5 Å². The van der Waals surface area contributed by atoms with Crippen molar-refractivity contribution < 1.29 is 26.5 Å². The summed E-state index contributed by atoms with van der Waals surface area (Å²) in [5, 5.41) is 4.51. The molecular formula is C34H48BrO2P. The molecule has 2 nitrogen and oxygen atoms in total. The first kappa shape index (κ1) is 32.7. The maximum Gasteiger partial charge on any atom is 0.157 e. The highest BCUT2D eigenvalue weighted by molar-refractivity contribution is 7.95. The van der Waals surface area contributed by atoms with Gasteiger partial charge >= 0.3 is 0 Å². The van der Waals surface area contributed by atoms with Crippen LogP contribution in [0.1, 0.15) is 75.5 Å². The van der Waals surface area contributed by atoms with E-state index >= 15 is 0 Å². The van der Waals surface area contributed by atoms with E-state index in [9.17, 15) is 0 Å². The van der Waals surface area contributed by atoms with Gasteiger partial charge in [-0.15, -0.1) is 0 Å². The standard InChI is InChI=1S/C34H48O2P.BrH/c1-6-35-34(36-7-2)14-12-10-8-9-11-13-27-37(31-21-15-28(3)16-22-31,32-23-17-29(4)18-24-32)33-25-19-30(5)20-26-33;/h15-26,34H,6-14,27H2,1-5H3;1H/q+1;/p-1. The number of halogens is 1. The van der Waals surface area contributed by atoms with E-state index in [1.807, 2.05) is 13.8 Å². The van der Waals surface area contributed by atoms with Crippen LogP contribution in [0.25, 0.3) is 0 Å². The Kier molecular flexibility index (Phi) is 14.8. The lowest BCUT2D eigenvalue weighted by molar-refractivity contribution is -0.140. The Morgan fingerprint density at radius 1 is 0.526 bits per heavy atom. The van der Waals surface area contributed by atoms with Gasteiger partial charge in [-0.25, -0.2) is 0 Å². The van der Waals surface area contributed by atoms with Gasteiger partial charge in [0.25, 0.3) is 0 Å². The van der Waals surface area contributed by atoms with Crippen molar-refractivity contribution in [2.24, 2.45) is 0 Å². The Balaban J connectivity index is 0.00000507. The summed E-state index contributed by atoms with van der Waals surface area (Å²) in [6, 6.07) is 28.2. The Morgan fingerprint density at radius 2 is 0.868 bits per heavy atom. The summed E-state index contributed by atoms with van der Waals surface area (Å²) < 4.78 is 11.4. The summed E-state index contributed by atoms with van der Waals surface area (Å²) in [7, 11) is -1.74. The monoisotopic (exact) mass is 598 g/mol. The number of hydrogen-bond donors (Lipinski definition) is 0. The highest BCUT2D eigenvalue weighted by Crippen LogP contribution is 2.56. The molecule has 38 heavy (non-hydrogen) atoms. The maximum atomic E-state index is 5.69. The van der Waals surface area contributed by atoms with E-state index in [1.54, 1.807) is 0 Å². The molecule has 0 N–H and O–H groups in total. The van der Waals surface area contributed by atoms with E-state index < -0.39 is 7.26 Å². The predicted octanol–water partition coefficient (Wildman–Crippen LogP) is 5.04. The van der Waals surface area contributed by atoms with Crippen molar-refractivity contribution in [3.8, 4) is 0 Å². The van der Waals surface area contributed by atoms with Crippen LogP contribution in [-0.2, 0) is 9.47 Å². The van der Waals surface area contributed by atoms with Gasteiger partial charge in [-0.1, -0.05) is 72.4 Å². The summed E-state index contributed by atoms with van der Waals surface area (Å²) in [6.07, 6.45) is 9.75. The fraction of sp³-hybridized carbons (Fsp3) is 0.471. The molecule has 0 unspecified atom stereocenters. The highest BCUT2D eigenvalue weighted by Gasteiger charge is 2.44. The smallest absolute Gasteiger partial charge is 0.157 e. The van der Waals surface area contributed by atoms with Gasteiger partial charge in [0.2, 0.25) is 0 Å². The fourth-order valence-corrected chi connectivity index (χ4v) is 9.53. The molecular weight excluding hydrogens is 551 g/mol. The molecule has 0 saturated carbocycles. The molecule has 3 aromatic rings. The third-order valence-electron chi connectivity index (χ3n) is 7.31. The molecule has 0 amide bonds. The molecule has 0 radical (unpaired) electrons. The maximum absolute atomic E-state index is 5.69. The molecule has 0 spiro atoms. The van der Waals surface area contributed by atoms with Crippen LogP contribution in [0.2, 0.25) is 0 Å². The van der Waals surface area contributed by atoms with E-state index in [4.69, 9.17) is 9.47 Å². The predicted molar refractivity (Wildman–Crippen MR) is 164 cm³/mol. The minimum Gasteiger partial charge on any atom is -1.00 e. The largest absolute Gasteiger partial charge is 1.00 e. The third kappa shape index (κ3) is 9.30. The normalized spacial score (nSPS) is 11.5. The number of aryl methyl sites for hydroxylation is 3. The highest BCUT2D eigenvalue weighted by atomic mass is 79.9. The van der Waals surface area contributed by atoms with Crippen molar-refractivity contribution in [1.82, 2.24) is 0 Å². The van der Waals surface area contributed by atoms with Gasteiger partial charge in [-0.3, -0.25) is 0 Å². The summed E-state index contributed by atoms with van der Waals surface area (Å²) in [4.78, 5) is 0. The molecule has 208 valence electrons. The van der Waals surface area contributed by atoms with Crippen LogP contribution in [0, 0.1) is 20.8 Å². The van der Waals surface area contributed by atoms with Crippen LogP contribution in [-0.4, -0.2) is 25.7 Å². The van der Waals surface area contributed by atoms with E-state index in [0.717, 1.165) is 19.6 Å². The lowest BCUT2D eigenvalue weighted by Crippen LogP contribution is -3.00. The average Bonchev–Trinajstić information content (AvgIpc) is 2.90. The summed E-state index contributed by atoms with van der Waals surface area (Å²) in [5.74, 6) is 0. The van der Waals surface area contributed by atoms with Gasteiger partial charge in [-0.05, 0) is 96.7 Å². The molecule has 0 bridgehead atoms. The third-order valence-corrected chi connectivity index (χ3v) is 11.8. The molecule has 0 aliphatic carbocycles. The van der Waals surface area contributed by atoms with Crippen molar-refractivity contribution >= 4 is 23.2 Å². The van der Waals surface area contributed by atoms with Crippen molar-refractivity contribution in [2.45, 2.75) is 85.9 Å². The summed E-state index contributed by atoms with van der Waals surface area (Å²) >= 11 is 0. The second-order valence-corrected chi connectivity index (χ2v) is 13.9. The minimum absolute atomic E-state index is 0. The van der Waals surface area contributed by atoms with Gasteiger partial charge in [0.1, 0.15) is 23.2 Å². The summed E-state index contributed by atoms with van der Waals surface area (Å²) in [6.45, 7) is 12.1. The van der Waals surface area contributed by atoms with E-state index in [0.29, 0.717) is 0 Å². The van der Waals surface area contributed by atoms with Crippen LogP contribution in [0.5, 0.6) is 0 Å². The molecule has 0 saturated heterocycles. The van der Waals surface area contributed by atoms with Crippen LogP contribution < -0.4 is 32.9 Å². The number of benzene rings is 3. The second kappa shape index (κ2) is 17.2. The van der Waals surface area contributed by atoms with E-state index in [1.165, 1.54) is 77.3 Å². The van der Waals surface area contributed by atoms with Crippen LogP contribution in [0.15, 0.2) is 72.8 Å². The Morgan fingerprint density at radius 3 is 1.24 bits per heavy atom. The van der Waals surface area contributed by atoms with Gasteiger partial charge in [0.15, 0.2) is 6.29 Å². The van der Waals surface area contributed by atoms with Crippen molar-refractivity contribution in [2.75, 3.05) is 19.4 Å². The minimum atomic E-state index is -1.74. The number of rotatable bonds is 16. The van der Waals surface area contributed by atoms with Gasteiger partial charge in [0.05, 0.1) is 6.16 Å². The Labute approximate surface area is 243 Å². The lowest BCUT2D eigenvalue weighted by atomic mass is 10.1. The molecule has 0 atom stereocenters. The van der Waals surface area contributed by atoms with E-state index in [2.05, 4.69) is 93.6 Å². The molecule has 0 aliphatic heterocycles. The molecule has 0 fully saturated rings. The van der Waals surface area contributed by atoms with Crippen LogP contribution >= 0.6 is 7.26 Å². The molecule has 4 heteroatoms. The second-order valence-electron chi connectivity index (χ2n) is 10.3. The molecule has 0 heterocycles. The van der Waals surface area contributed by atoms with Crippen LogP contribution in [0.3, 0.4) is 0 Å². The molecule has 0 aromatic heterocycles. The first-order valence-corrected chi connectivity index (χ1v) is 16.3. The lowest BCUT2D eigenvalue weighted by Gasteiger charge is -2.28. The Bertz CT molecular complexity index is 915. The molecule has 3 aromatic carbocycles.